The molecule has 1 aromatic carbocycles. The molecule has 0 bridgehead atoms. The number of benzene rings is 1. The van der Waals surface area contributed by atoms with Gasteiger partial charge in [0.25, 0.3) is 5.91 Å². The molecule has 0 spiro atoms. The normalized spacial score (nSPS) is 10.9. The minimum absolute atomic E-state index is 0.186. The second kappa shape index (κ2) is 10.2. The first-order valence-corrected chi connectivity index (χ1v) is 11.0. The summed E-state index contributed by atoms with van der Waals surface area (Å²) < 4.78 is 16.9. The molecule has 3 heterocycles. The van der Waals surface area contributed by atoms with Crippen LogP contribution in [0.3, 0.4) is 0 Å². The van der Waals surface area contributed by atoms with E-state index in [1.54, 1.807) is 43.2 Å². The average molecular weight is 464 g/mol. The highest BCUT2D eigenvalue weighted by Gasteiger charge is 2.17. The van der Waals surface area contributed by atoms with Crippen molar-refractivity contribution in [2.45, 2.75) is 39.7 Å². The molecule has 4 rings (SSSR count). The monoisotopic (exact) mass is 463 g/mol. The predicted octanol–water partition coefficient (Wildman–Crippen LogP) is 3.46. The van der Waals surface area contributed by atoms with Crippen LogP contribution in [0.25, 0.3) is 11.4 Å². The van der Waals surface area contributed by atoms with Crippen LogP contribution in [-0.4, -0.2) is 40.8 Å². The van der Waals surface area contributed by atoms with E-state index in [-0.39, 0.29) is 29.8 Å². The van der Waals surface area contributed by atoms with Crippen molar-refractivity contribution in [1.82, 2.24) is 40.2 Å². The zero-order valence-electron chi connectivity index (χ0n) is 19.3. The molecular weight excluding hydrogens is 437 g/mol. The molecule has 1 amide bonds. The molecule has 34 heavy (non-hydrogen) atoms. The number of carbonyl (C=O) groups excluding carboxylic acids is 1. The van der Waals surface area contributed by atoms with Crippen molar-refractivity contribution in [3.8, 4) is 11.4 Å². The van der Waals surface area contributed by atoms with E-state index in [9.17, 15) is 4.79 Å². The van der Waals surface area contributed by atoms with Crippen LogP contribution < -0.4 is 10.6 Å². The van der Waals surface area contributed by atoms with E-state index in [4.69, 9.17) is 0 Å². The first-order chi connectivity index (χ1) is 16.5. The number of amides is 1. The van der Waals surface area contributed by atoms with Crippen LogP contribution in [-0.2, 0) is 20.0 Å². The summed E-state index contributed by atoms with van der Waals surface area (Å²) in [6.45, 7) is 3.94. The van der Waals surface area contributed by atoms with Crippen LogP contribution >= 0.6 is 0 Å². The number of aromatic nitrogens is 7. The maximum Gasteiger partial charge on any atom is 0.255 e. The number of unbranched alkanes of at least 4 members (excludes halogenated alkanes) is 1. The Bertz CT molecular complexity index is 1300. The molecule has 0 fully saturated rings. The van der Waals surface area contributed by atoms with Crippen LogP contribution in [0.5, 0.6) is 0 Å². The van der Waals surface area contributed by atoms with Gasteiger partial charge in [0, 0.05) is 25.5 Å². The molecule has 0 radical (unpaired) electrons. The summed E-state index contributed by atoms with van der Waals surface area (Å²) in [7, 11) is 1.80. The molecule has 3 aromatic heterocycles. The number of anilines is 2. The maximum absolute atomic E-state index is 15.2. The first kappa shape index (κ1) is 23.0. The molecule has 11 heteroatoms. The number of nitrogens with zero attached hydrogens (tertiary/aromatic N) is 6. The van der Waals surface area contributed by atoms with Gasteiger partial charge < -0.3 is 10.6 Å². The van der Waals surface area contributed by atoms with E-state index in [0.717, 1.165) is 25.0 Å². The van der Waals surface area contributed by atoms with Crippen LogP contribution in [0, 0.1) is 12.7 Å². The van der Waals surface area contributed by atoms with Gasteiger partial charge in [-0.1, -0.05) is 19.4 Å². The van der Waals surface area contributed by atoms with Gasteiger partial charge in [-0.2, -0.15) is 15.2 Å². The molecule has 0 aliphatic heterocycles. The lowest BCUT2D eigenvalue weighted by molar-refractivity contribution is 0.0950. The zero-order valence-corrected chi connectivity index (χ0v) is 19.3. The average Bonchev–Trinajstić information content (AvgIpc) is 3.47. The molecule has 0 aliphatic carbocycles. The Balaban J connectivity index is 1.48. The van der Waals surface area contributed by atoms with E-state index >= 15 is 4.39 Å². The minimum atomic E-state index is -0.447. The van der Waals surface area contributed by atoms with E-state index in [0.29, 0.717) is 22.4 Å². The van der Waals surface area contributed by atoms with Crippen LogP contribution in [0.15, 0.2) is 37.1 Å². The van der Waals surface area contributed by atoms with Gasteiger partial charge in [0.2, 0.25) is 5.95 Å². The fraction of sp³-hybridized carbons (Fsp3) is 0.304. The highest BCUT2D eigenvalue weighted by Crippen LogP contribution is 2.25. The third kappa shape index (κ3) is 5.08. The number of nitrogens with one attached hydrogen (secondary N) is 3. The Morgan fingerprint density at radius 1 is 1.24 bits per heavy atom. The summed E-state index contributed by atoms with van der Waals surface area (Å²) in [5.41, 5.74) is 3.36. The molecule has 176 valence electrons. The topological polar surface area (TPSA) is 126 Å². The van der Waals surface area contributed by atoms with Crippen molar-refractivity contribution in [3.63, 3.8) is 0 Å². The van der Waals surface area contributed by atoms with Gasteiger partial charge in [0.15, 0.2) is 5.82 Å². The van der Waals surface area contributed by atoms with Gasteiger partial charge in [-0.25, -0.2) is 14.4 Å². The predicted molar refractivity (Wildman–Crippen MR) is 125 cm³/mol. The van der Waals surface area contributed by atoms with Crippen molar-refractivity contribution in [3.05, 3.63) is 65.3 Å². The standard InChI is InChI=1S/C23H26FN9O/c1-4-5-6-19-18(11-28-32-19)22(34)25-9-15-7-8-17(20(24)14(15)2)21-26-13-27-23(31-21)30-16-10-29-33(3)12-16/h7-8,10-13H,4-6,9H2,1-3H3,(H,25,34)(H,28,32)(H,26,27,30,31). The summed E-state index contributed by atoms with van der Waals surface area (Å²) in [6, 6.07) is 3.37. The molecule has 10 nitrogen and oxygen atoms in total. The Hall–Kier alpha value is -4.15. The fourth-order valence-corrected chi connectivity index (χ4v) is 3.51. The Morgan fingerprint density at radius 3 is 2.85 bits per heavy atom. The first-order valence-electron chi connectivity index (χ1n) is 11.0. The summed E-state index contributed by atoms with van der Waals surface area (Å²) in [6.07, 6.45) is 8.99. The van der Waals surface area contributed by atoms with Crippen molar-refractivity contribution < 1.29 is 9.18 Å². The van der Waals surface area contributed by atoms with E-state index in [1.807, 2.05) is 0 Å². The van der Waals surface area contributed by atoms with Gasteiger partial charge in [-0.05, 0) is 37.0 Å². The number of aryl methyl sites for hydroxylation is 2. The SMILES string of the molecule is CCCCc1[nH]ncc1C(=O)NCc1ccc(-c2ncnc(Nc3cnn(C)c3)n2)c(F)c1C. The lowest BCUT2D eigenvalue weighted by atomic mass is 10.0. The molecule has 4 aromatic rings. The minimum Gasteiger partial charge on any atom is -0.348 e. The Labute approximate surface area is 196 Å². The number of hydrogen-bond donors (Lipinski definition) is 3. The highest BCUT2D eigenvalue weighted by atomic mass is 19.1. The number of carbonyl (C=O) groups is 1. The van der Waals surface area contributed by atoms with Crippen molar-refractivity contribution in [2.24, 2.45) is 7.05 Å². The summed E-state index contributed by atoms with van der Waals surface area (Å²) in [5.74, 6) is -0.202. The molecule has 0 unspecified atom stereocenters. The maximum atomic E-state index is 15.2. The second-order valence-electron chi connectivity index (χ2n) is 7.92. The van der Waals surface area contributed by atoms with Gasteiger partial charge in [-0.3, -0.25) is 14.6 Å². The summed E-state index contributed by atoms with van der Waals surface area (Å²) >= 11 is 0. The summed E-state index contributed by atoms with van der Waals surface area (Å²) in [5, 5.41) is 16.8. The number of aromatic amines is 1. The van der Waals surface area contributed by atoms with Gasteiger partial charge in [0.05, 0.1) is 29.2 Å². The van der Waals surface area contributed by atoms with Crippen molar-refractivity contribution in [1.29, 1.82) is 0 Å². The third-order valence-corrected chi connectivity index (χ3v) is 5.45. The van der Waals surface area contributed by atoms with E-state index in [2.05, 4.69) is 47.8 Å². The number of hydrogen-bond acceptors (Lipinski definition) is 7. The number of H-pyrrole nitrogens is 1. The van der Waals surface area contributed by atoms with Gasteiger partial charge in [-0.15, -0.1) is 0 Å². The summed E-state index contributed by atoms with van der Waals surface area (Å²) in [4.78, 5) is 25.2. The molecule has 0 saturated heterocycles. The number of rotatable bonds is 9. The fourth-order valence-electron chi connectivity index (χ4n) is 3.51. The lowest BCUT2D eigenvalue weighted by Crippen LogP contribution is -2.24. The molecule has 0 aliphatic rings. The third-order valence-electron chi connectivity index (χ3n) is 5.45. The lowest BCUT2D eigenvalue weighted by Gasteiger charge is -2.12. The largest absolute Gasteiger partial charge is 0.348 e. The Kier molecular flexibility index (Phi) is 6.90. The molecular formula is C23H26FN9O. The van der Waals surface area contributed by atoms with E-state index in [1.165, 1.54) is 12.5 Å². The molecule has 3 N–H and O–H groups in total. The van der Waals surface area contributed by atoms with Crippen LogP contribution in [0.4, 0.5) is 16.0 Å². The second-order valence-corrected chi connectivity index (χ2v) is 7.92. The zero-order chi connectivity index (χ0) is 24.1. The van der Waals surface area contributed by atoms with Gasteiger partial charge >= 0.3 is 0 Å². The van der Waals surface area contributed by atoms with Crippen molar-refractivity contribution in [2.75, 3.05) is 5.32 Å². The molecule has 0 atom stereocenters. The smallest absolute Gasteiger partial charge is 0.255 e. The van der Waals surface area contributed by atoms with Gasteiger partial charge in [0.1, 0.15) is 12.1 Å². The van der Waals surface area contributed by atoms with E-state index < -0.39 is 5.82 Å². The highest BCUT2D eigenvalue weighted by molar-refractivity contribution is 5.95. The number of halogens is 1. The van der Waals surface area contributed by atoms with Crippen LogP contribution in [0.1, 0.15) is 46.9 Å². The Morgan fingerprint density at radius 2 is 2.09 bits per heavy atom. The van der Waals surface area contributed by atoms with Crippen LogP contribution in [0.2, 0.25) is 0 Å². The molecule has 0 saturated carbocycles. The quantitative estimate of drug-likeness (QED) is 0.347. The van der Waals surface area contributed by atoms with Crippen molar-refractivity contribution >= 4 is 17.5 Å².